The van der Waals surface area contributed by atoms with Gasteiger partial charge in [-0.05, 0) is 11.3 Å². The lowest BCUT2D eigenvalue weighted by molar-refractivity contribution is -0.142. The van der Waals surface area contributed by atoms with Gasteiger partial charge < -0.3 is 4.74 Å². The predicted octanol–water partition coefficient (Wildman–Crippen LogP) is 1.70. The fourth-order valence-electron chi connectivity index (χ4n) is 1.38. The van der Waals surface area contributed by atoms with Crippen molar-refractivity contribution in [3.8, 4) is 11.4 Å². The molecule has 1 aromatic heterocycles. The Morgan fingerprint density at radius 3 is 2.83 bits per heavy atom. The third kappa shape index (κ3) is 2.92. The molecule has 6 nitrogen and oxygen atoms in total. The van der Waals surface area contributed by atoms with Crippen LogP contribution in [0, 0.1) is 0 Å². The number of tetrazole rings is 1. The van der Waals surface area contributed by atoms with E-state index < -0.39 is 0 Å². The van der Waals surface area contributed by atoms with Gasteiger partial charge in [0.05, 0.1) is 7.05 Å². The van der Waals surface area contributed by atoms with Crippen LogP contribution in [-0.2, 0) is 23.2 Å². The van der Waals surface area contributed by atoms with E-state index in [9.17, 15) is 4.79 Å². The zero-order valence-electron chi connectivity index (χ0n) is 9.92. The molecule has 0 aliphatic carbocycles. The molecule has 0 saturated heterocycles. The van der Waals surface area contributed by atoms with Crippen molar-refractivity contribution in [1.82, 2.24) is 20.2 Å². The smallest absolute Gasteiger partial charge is 0.302 e. The van der Waals surface area contributed by atoms with Crippen molar-refractivity contribution in [2.75, 3.05) is 0 Å². The van der Waals surface area contributed by atoms with Crippen LogP contribution in [0.15, 0.2) is 22.7 Å². The quantitative estimate of drug-likeness (QED) is 0.807. The van der Waals surface area contributed by atoms with Crippen LogP contribution in [0.5, 0.6) is 0 Å². The number of esters is 1. The normalized spacial score (nSPS) is 10.4. The molecule has 2 rings (SSSR count). The van der Waals surface area contributed by atoms with Gasteiger partial charge in [0.2, 0.25) is 5.82 Å². The van der Waals surface area contributed by atoms with E-state index in [0.29, 0.717) is 5.82 Å². The number of carbonyl (C=O) groups is 1. The van der Waals surface area contributed by atoms with E-state index in [4.69, 9.17) is 4.74 Å². The zero-order valence-corrected chi connectivity index (χ0v) is 11.5. The molecule has 0 unspecified atom stereocenters. The summed E-state index contributed by atoms with van der Waals surface area (Å²) < 4.78 is 5.78. The van der Waals surface area contributed by atoms with Gasteiger partial charge in [0.15, 0.2) is 0 Å². The van der Waals surface area contributed by atoms with Gasteiger partial charge >= 0.3 is 5.97 Å². The van der Waals surface area contributed by atoms with Crippen LogP contribution in [0.1, 0.15) is 12.5 Å². The number of aromatic nitrogens is 4. The average Bonchev–Trinajstić information content (AvgIpc) is 2.74. The number of hydrogen-bond donors (Lipinski definition) is 0. The van der Waals surface area contributed by atoms with Gasteiger partial charge in [-0.15, -0.1) is 10.2 Å². The van der Waals surface area contributed by atoms with E-state index in [2.05, 4.69) is 31.3 Å². The number of nitrogens with zero attached hydrogens (tertiary/aromatic N) is 4. The van der Waals surface area contributed by atoms with E-state index in [1.807, 2.05) is 18.2 Å². The monoisotopic (exact) mass is 310 g/mol. The van der Waals surface area contributed by atoms with E-state index in [-0.39, 0.29) is 12.6 Å². The lowest BCUT2D eigenvalue weighted by atomic mass is 10.1. The van der Waals surface area contributed by atoms with Crippen molar-refractivity contribution in [2.45, 2.75) is 13.5 Å². The SMILES string of the molecule is CC(=O)OCc1ccc(-c2nnn(C)n2)cc1Br. The van der Waals surface area contributed by atoms with Crippen molar-refractivity contribution in [1.29, 1.82) is 0 Å². The summed E-state index contributed by atoms with van der Waals surface area (Å²) in [5, 5.41) is 11.8. The molecule has 0 fully saturated rings. The summed E-state index contributed by atoms with van der Waals surface area (Å²) >= 11 is 3.43. The van der Waals surface area contributed by atoms with Crippen LogP contribution in [0.25, 0.3) is 11.4 Å². The topological polar surface area (TPSA) is 69.9 Å². The number of hydrogen-bond acceptors (Lipinski definition) is 5. The first-order valence-corrected chi connectivity index (χ1v) is 6.01. The molecule has 0 aliphatic rings. The molecule has 7 heteroatoms. The van der Waals surface area contributed by atoms with Gasteiger partial charge in [0.25, 0.3) is 0 Å². The van der Waals surface area contributed by atoms with E-state index in [0.717, 1.165) is 15.6 Å². The summed E-state index contributed by atoms with van der Waals surface area (Å²) in [6.45, 7) is 1.62. The lowest BCUT2D eigenvalue weighted by Crippen LogP contribution is -1.99. The Morgan fingerprint density at radius 2 is 2.28 bits per heavy atom. The molecular formula is C11H11BrN4O2. The first-order chi connectivity index (χ1) is 8.56. The molecule has 0 bridgehead atoms. The van der Waals surface area contributed by atoms with Gasteiger partial charge in [0.1, 0.15) is 6.61 Å². The molecule has 2 aromatic rings. The fraction of sp³-hybridized carbons (Fsp3) is 0.273. The van der Waals surface area contributed by atoms with Crippen LogP contribution in [0.2, 0.25) is 0 Å². The summed E-state index contributed by atoms with van der Waals surface area (Å²) in [5.41, 5.74) is 1.74. The summed E-state index contributed by atoms with van der Waals surface area (Å²) in [6, 6.07) is 5.59. The van der Waals surface area contributed by atoms with Crippen LogP contribution in [0.3, 0.4) is 0 Å². The highest BCUT2D eigenvalue weighted by atomic mass is 79.9. The third-order valence-corrected chi connectivity index (χ3v) is 2.99. The number of benzene rings is 1. The maximum atomic E-state index is 10.8. The van der Waals surface area contributed by atoms with Crippen molar-refractivity contribution in [3.63, 3.8) is 0 Å². The number of carbonyl (C=O) groups excluding carboxylic acids is 1. The van der Waals surface area contributed by atoms with Crippen LogP contribution >= 0.6 is 15.9 Å². The maximum Gasteiger partial charge on any atom is 0.302 e. The lowest BCUT2D eigenvalue weighted by Gasteiger charge is -2.05. The minimum absolute atomic E-state index is 0.240. The van der Waals surface area contributed by atoms with E-state index in [1.165, 1.54) is 11.7 Å². The van der Waals surface area contributed by atoms with Gasteiger partial charge in [-0.3, -0.25) is 4.79 Å². The first-order valence-electron chi connectivity index (χ1n) is 5.22. The summed E-state index contributed by atoms with van der Waals surface area (Å²) in [4.78, 5) is 12.1. The highest BCUT2D eigenvalue weighted by Crippen LogP contribution is 2.24. The maximum absolute atomic E-state index is 10.8. The molecule has 0 aliphatic heterocycles. The summed E-state index contributed by atoms with van der Waals surface area (Å²) in [6.07, 6.45) is 0. The third-order valence-electron chi connectivity index (χ3n) is 2.25. The van der Waals surface area contributed by atoms with Gasteiger partial charge in [-0.25, -0.2) is 0 Å². The number of aryl methyl sites for hydroxylation is 1. The van der Waals surface area contributed by atoms with Crippen molar-refractivity contribution < 1.29 is 9.53 Å². The van der Waals surface area contributed by atoms with Crippen LogP contribution < -0.4 is 0 Å². The first kappa shape index (κ1) is 12.7. The van der Waals surface area contributed by atoms with Gasteiger partial charge in [0, 0.05) is 22.5 Å². The molecule has 1 heterocycles. The van der Waals surface area contributed by atoms with Crippen molar-refractivity contribution >= 4 is 21.9 Å². The van der Waals surface area contributed by atoms with Crippen molar-refractivity contribution in [3.05, 3.63) is 28.2 Å². The van der Waals surface area contributed by atoms with Crippen LogP contribution in [-0.4, -0.2) is 26.2 Å². The largest absolute Gasteiger partial charge is 0.461 e. The second kappa shape index (κ2) is 5.26. The highest BCUT2D eigenvalue weighted by Gasteiger charge is 2.08. The van der Waals surface area contributed by atoms with Crippen LogP contribution in [0.4, 0.5) is 0 Å². The minimum Gasteiger partial charge on any atom is -0.461 e. The molecule has 0 radical (unpaired) electrons. The van der Waals surface area contributed by atoms with Crippen molar-refractivity contribution in [2.24, 2.45) is 7.05 Å². The molecule has 94 valence electrons. The Bertz CT molecular complexity index is 582. The molecule has 0 atom stereocenters. The summed E-state index contributed by atoms with van der Waals surface area (Å²) in [5.74, 6) is 0.249. The molecule has 0 saturated carbocycles. The predicted molar refractivity (Wildman–Crippen MR) is 67.4 cm³/mol. The number of halogens is 1. The Hall–Kier alpha value is -1.76. The van der Waals surface area contributed by atoms with E-state index >= 15 is 0 Å². The Kier molecular flexibility index (Phi) is 3.71. The van der Waals surface area contributed by atoms with Gasteiger partial charge in [-0.2, -0.15) is 4.80 Å². The number of ether oxygens (including phenoxy) is 1. The molecule has 0 N–H and O–H groups in total. The molecule has 0 spiro atoms. The second-order valence-corrected chi connectivity index (χ2v) is 4.54. The molecular weight excluding hydrogens is 300 g/mol. The minimum atomic E-state index is -0.304. The highest BCUT2D eigenvalue weighted by molar-refractivity contribution is 9.10. The standard InChI is InChI=1S/C11H11BrN4O2/c1-7(17)18-6-9-4-3-8(5-10(9)12)11-13-15-16(2)14-11/h3-5H,6H2,1-2H3. The Morgan fingerprint density at radius 1 is 1.50 bits per heavy atom. The van der Waals surface area contributed by atoms with E-state index in [1.54, 1.807) is 7.05 Å². The molecule has 0 amide bonds. The Balaban J connectivity index is 2.22. The zero-order chi connectivity index (χ0) is 13.1. The average molecular weight is 311 g/mol. The van der Waals surface area contributed by atoms with Gasteiger partial charge in [-0.1, -0.05) is 28.1 Å². The Labute approximate surface area is 112 Å². The number of rotatable bonds is 3. The molecule has 18 heavy (non-hydrogen) atoms. The second-order valence-electron chi connectivity index (χ2n) is 3.69. The molecule has 1 aromatic carbocycles. The fourth-order valence-corrected chi connectivity index (χ4v) is 1.88. The summed E-state index contributed by atoms with van der Waals surface area (Å²) in [7, 11) is 1.71.